The van der Waals surface area contributed by atoms with E-state index in [1.807, 2.05) is 0 Å². The van der Waals surface area contributed by atoms with Crippen LogP contribution < -0.4 is 0 Å². The second-order valence-electron chi connectivity index (χ2n) is 3.42. The number of epoxide rings is 1. The Hall–Kier alpha value is -0.560. The van der Waals surface area contributed by atoms with E-state index >= 15 is 0 Å². The first-order valence-corrected chi connectivity index (χ1v) is 5.20. The lowest BCUT2D eigenvalue weighted by Gasteiger charge is -2.15. The molecule has 0 radical (unpaired) electrons. The zero-order chi connectivity index (χ0) is 10.4. The molecule has 0 bridgehead atoms. The molecule has 80 valence electrons. The highest BCUT2D eigenvalue weighted by molar-refractivity contribution is 4.88. The molecule has 0 aromatic heterocycles. The molecule has 0 N–H and O–H groups in total. The van der Waals surface area contributed by atoms with E-state index in [4.69, 9.17) is 15.9 Å². The Morgan fingerprint density at radius 3 is 2.64 bits per heavy atom. The van der Waals surface area contributed by atoms with Crippen LogP contribution in [0.25, 0.3) is 0 Å². The number of likely N-dealkylation sites (N-methyl/N-ethyl adjacent to an activating group) is 1. The molecule has 3 heteroatoms. The molecular formula is C11H19NO2. The number of terminal acetylenes is 1. The fraction of sp³-hybridized carbons (Fsp3) is 0.818. The van der Waals surface area contributed by atoms with Gasteiger partial charge in [-0.05, 0) is 13.1 Å². The molecule has 2 atom stereocenters. The predicted octanol–water partition coefficient (Wildman–Crippen LogP) is 0.745. The molecular weight excluding hydrogens is 178 g/mol. The molecule has 1 saturated heterocycles. The first-order valence-electron chi connectivity index (χ1n) is 5.20. The van der Waals surface area contributed by atoms with Crippen molar-refractivity contribution in [2.75, 3.05) is 32.8 Å². The summed E-state index contributed by atoms with van der Waals surface area (Å²) in [4.78, 5) is 2.35. The molecule has 0 aromatic carbocycles. The van der Waals surface area contributed by atoms with Gasteiger partial charge >= 0.3 is 0 Å². The molecule has 1 aliphatic heterocycles. The van der Waals surface area contributed by atoms with Gasteiger partial charge in [-0.1, -0.05) is 19.8 Å². The average Bonchev–Trinajstić information content (AvgIpc) is 2.93. The zero-order valence-corrected chi connectivity index (χ0v) is 9.03. The van der Waals surface area contributed by atoms with E-state index in [1.165, 1.54) is 0 Å². The Bertz CT molecular complexity index is 196. The summed E-state index contributed by atoms with van der Waals surface area (Å²) >= 11 is 0. The molecule has 0 aromatic rings. The van der Waals surface area contributed by atoms with E-state index in [9.17, 15) is 0 Å². The first kappa shape index (κ1) is 11.5. The van der Waals surface area contributed by atoms with Crippen LogP contribution in [0.5, 0.6) is 0 Å². The lowest BCUT2D eigenvalue weighted by molar-refractivity contribution is 0.145. The van der Waals surface area contributed by atoms with Crippen molar-refractivity contribution in [3.63, 3.8) is 0 Å². The van der Waals surface area contributed by atoms with Gasteiger partial charge in [-0.15, -0.1) is 6.42 Å². The van der Waals surface area contributed by atoms with E-state index in [0.717, 1.165) is 19.6 Å². The van der Waals surface area contributed by atoms with Gasteiger partial charge in [-0.2, -0.15) is 0 Å². The highest BCUT2D eigenvalue weighted by atomic mass is 16.6. The molecule has 1 rings (SSSR count). The molecule has 0 aliphatic carbocycles. The van der Waals surface area contributed by atoms with Gasteiger partial charge in [-0.3, -0.25) is 0 Å². The third kappa shape index (κ3) is 3.67. The average molecular weight is 197 g/mol. The van der Waals surface area contributed by atoms with Gasteiger partial charge in [0.2, 0.25) is 0 Å². The molecule has 1 heterocycles. The maximum atomic E-state index is 5.46. The minimum Gasteiger partial charge on any atom is -0.366 e. The fourth-order valence-electron chi connectivity index (χ4n) is 1.46. The standard InChI is InChI=1S/C11H19NO2/c1-4-7-13-9-11-10(14-11)8-12(5-2)6-3/h1,10-11H,5-9H2,2-3H3/t10-,11+/m1/s1. The molecule has 3 nitrogen and oxygen atoms in total. The van der Waals surface area contributed by atoms with Crippen molar-refractivity contribution in [1.82, 2.24) is 4.90 Å². The SMILES string of the molecule is C#CCOC[C@@H]1O[C@@H]1CN(CC)CC. The maximum Gasteiger partial charge on any atom is 0.109 e. The van der Waals surface area contributed by atoms with E-state index in [2.05, 4.69) is 24.7 Å². The molecule has 0 spiro atoms. The number of hydrogen-bond acceptors (Lipinski definition) is 3. The van der Waals surface area contributed by atoms with Crippen LogP contribution in [0, 0.1) is 12.3 Å². The highest BCUT2D eigenvalue weighted by Crippen LogP contribution is 2.23. The van der Waals surface area contributed by atoms with Gasteiger partial charge in [0.1, 0.15) is 12.7 Å². The Balaban J connectivity index is 2.05. The van der Waals surface area contributed by atoms with E-state index < -0.39 is 0 Å². The topological polar surface area (TPSA) is 25.0 Å². The molecule has 14 heavy (non-hydrogen) atoms. The third-order valence-electron chi connectivity index (χ3n) is 2.49. The zero-order valence-electron chi connectivity index (χ0n) is 9.03. The Morgan fingerprint density at radius 2 is 2.07 bits per heavy atom. The summed E-state index contributed by atoms with van der Waals surface area (Å²) in [7, 11) is 0. The van der Waals surface area contributed by atoms with Crippen LogP contribution in [-0.4, -0.2) is 50.0 Å². The smallest absolute Gasteiger partial charge is 0.109 e. The van der Waals surface area contributed by atoms with Gasteiger partial charge in [0.25, 0.3) is 0 Å². The summed E-state index contributed by atoms with van der Waals surface area (Å²) < 4.78 is 10.7. The summed E-state index contributed by atoms with van der Waals surface area (Å²) in [6.45, 7) is 8.51. The minimum atomic E-state index is 0.268. The van der Waals surface area contributed by atoms with Crippen LogP contribution >= 0.6 is 0 Å². The molecule has 1 aliphatic rings. The van der Waals surface area contributed by atoms with Crippen LogP contribution in [0.4, 0.5) is 0 Å². The summed E-state index contributed by atoms with van der Waals surface area (Å²) in [5, 5.41) is 0. The van der Waals surface area contributed by atoms with Gasteiger partial charge in [0.05, 0.1) is 12.7 Å². The quantitative estimate of drug-likeness (QED) is 0.342. The van der Waals surface area contributed by atoms with E-state index in [1.54, 1.807) is 0 Å². The Morgan fingerprint density at radius 1 is 1.36 bits per heavy atom. The third-order valence-corrected chi connectivity index (χ3v) is 2.49. The number of rotatable bonds is 7. The van der Waals surface area contributed by atoms with Crippen LogP contribution in [0.1, 0.15) is 13.8 Å². The Kier molecular flexibility index (Phi) is 4.95. The van der Waals surface area contributed by atoms with E-state index in [0.29, 0.717) is 19.3 Å². The fourth-order valence-corrected chi connectivity index (χ4v) is 1.46. The predicted molar refractivity (Wildman–Crippen MR) is 56.1 cm³/mol. The van der Waals surface area contributed by atoms with Crippen molar-refractivity contribution in [3.05, 3.63) is 0 Å². The highest BCUT2D eigenvalue weighted by Gasteiger charge is 2.39. The molecule has 0 unspecified atom stereocenters. The van der Waals surface area contributed by atoms with E-state index in [-0.39, 0.29) is 6.10 Å². The van der Waals surface area contributed by atoms with Gasteiger partial charge in [0, 0.05) is 6.54 Å². The van der Waals surface area contributed by atoms with Gasteiger partial charge in [-0.25, -0.2) is 0 Å². The molecule has 0 saturated carbocycles. The molecule has 0 amide bonds. The van der Waals surface area contributed by atoms with Crippen molar-refractivity contribution in [1.29, 1.82) is 0 Å². The number of nitrogens with zero attached hydrogens (tertiary/aromatic N) is 1. The minimum absolute atomic E-state index is 0.268. The van der Waals surface area contributed by atoms with Crippen molar-refractivity contribution in [2.45, 2.75) is 26.1 Å². The normalized spacial score (nSPS) is 25.0. The van der Waals surface area contributed by atoms with Crippen LogP contribution in [0.3, 0.4) is 0 Å². The lowest BCUT2D eigenvalue weighted by Crippen LogP contribution is -2.28. The van der Waals surface area contributed by atoms with Crippen molar-refractivity contribution in [3.8, 4) is 12.3 Å². The van der Waals surface area contributed by atoms with Crippen molar-refractivity contribution in [2.24, 2.45) is 0 Å². The van der Waals surface area contributed by atoms with Crippen LogP contribution in [0.2, 0.25) is 0 Å². The molecule has 1 fully saturated rings. The van der Waals surface area contributed by atoms with Crippen LogP contribution in [0.15, 0.2) is 0 Å². The number of hydrogen-bond donors (Lipinski definition) is 0. The summed E-state index contributed by atoms with van der Waals surface area (Å²) in [6.07, 6.45) is 5.69. The monoisotopic (exact) mass is 197 g/mol. The first-order chi connectivity index (χ1) is 6.81. The lowest BCUT2D eigenvalue weighted by atomic mass is 10.3. The van der Waals surface area contributed by atoms with Crippen molar-refractivity contribution < 1.29 is 9.47 Å². The van der Waals surface area contributed by atoms with Gasteiger partial charge < -0.3 is 14.4 Å². The second kappa shape index (κ2) is 6.02. The largest absolute Gasteiger partial charge is 0.366 e. The van der Waals surface area contributed by atoms with Gasteiger partial charge in [0.15, 0.2) is 0 Å². The number of ether oxygens (including phenoxy) is 2. The second-order valence-corrected chi connectivity index (χ2v) is 3.42. The summed E-state index contributed by atoms with van der Waals surface area (Å²) in [5.41, 5.74) is 0. The summed E-state index contributed by atoms with van der Waals surface area (Å²) in [5.74, 6) is 2.44. The maximum absolute atomic E-state index is 5.46. The van der Waals surface area contributed by atoms with Crippen LogP contribution in [-0.2, 0) is 9.47 Å². The summed E-state index contributed by atoms with van der Waals surface area (Å²) in [6, 6.07) is 0. The Labute approximate surface area is 86.4 Å². The van der Waals surface area contributed by atoms with Crippen molar-refractivity contribution >= 4 is 0 Å².